The van der Waals surface area contributed by atoms with E-state index in [0.717, 1.165) is 112 Å². The van der Waals surface area contributed by atoms with Gasteiger partial charge in [-0.25, -0.2) is 41.7 Å². The van der Waals surface area contributed by atoms with E-state index in [4.69, 9.17) is 4.74 Å². The Morgan fingerprint density at radius 1 is 0.494 bits per heavy atom. The number of hydrogen-bond donors (Lipinski definition) is 4. The van der Waals surface area contributed by atoms with Crippen molar-refractivity contribution in [1.29, 1.82) is 5.26 Å². The van der Waals surface area contributed by atoms with Crippen molar-refractivity contribution >= 4 is 49.7 Å². The first-order chi connectivity index (χ1) is 42.4. The SMILES string of the molecule is COc1cc(-c2cc(F)c3cc(C4CCNCC4)nnc3c2)nn2cc(C)nc12.Cc1cn2nc(-c3cc(F)c4cc(C5CCNCC5)nnc4c3)cc(C#N)c2n1.Cc1cn2nc(-c3cc(F)c4cc(C5CCNCC5)nnc4c3)cc(CO)c2n1. The average molecular weight is 1170 g/mol. The van der Waals surface area contributed by atoms with Crippen molar-refractivity contribution in [3.05, 3.63) is 154 Å². The lowest BCUT2D eigenvalue weighted by atomic mass is 9.93. The van der Waals surface area contributed by atoms with Gasteiger partial charge in [0.2, 0.25) is 0 Å². The van der Waals surface area contributed by atoms with Gasteiger partial charge in [0.15, 0.2) is 22.7 Å². The minimum Gasteiger partial charge on any atom is -0.493 e. The molecular formula is C63H60F3N19O2. The van der Waals surface area contributed by atoms with E-state index in [-0.39, 0.29) is 24.1 Å². The summed E-state index contributed by atoms with van der Waals surface area (Å²) >= 11 is 0. The molecule has 3 aliphatic rings. The summed E-state index contributed by atoms with van der Waals surface area (Å²) in [7, 11) is 1.58. The Morgan fingerprint density at radius 2 is 0.862 bits per heavy atom. The maximum atomic E-state index is 15.0. The highest BCUT2D eigenvalue weighted by atomic mass is 19.1. The lowest BCUT2D eigenvalue weighted by molar-refractivity contribution is 0.282. The first kappa shape index (κ1) is 56.6. The molecule has 0 spiro atoms. The quantitative estimate of drug-likeness (QED) is 0.111. The zero-order valence-corrected chi connectivity index (χ0v) is 48.2. The number of aliphatic hydroxyl groups excluding tert-OH is 1. The summed E-state index contributed by atoms with van der Waals surface area (Å²) < 4.78 is 55.3. The van der Waals surface area contributed by atoms with Gasteiger partial charge in [0.05, 0.1) is 106 Å². The number of aliphatic hydroxyl groups is 1. The molecule has 21 nitrogen and oxygen atoms in total. The summed E-state index contributed by atoms with van der Waals surface area (Å²) in [4.78, 5) is 13.1. The summed E-state index contributed by atoms with van der Waals surface area (Å²) in [5, 5.41) is 70.2. The van der Waals surface area contributed by atoms with Crippen LogP contribution in [0.15, 0.2) is 91.4 Å². The van der Waals surface area contributed by atoms with Crippen LogP contribution in [0.3, 0.4) is 0 Å². The zero-order chi connectivity index (χ0) is 59.9. The number of hydrogen-bond acceptors (Lipinski definition) is 18. The normalized spacial score (nSPS) is 15.3. The number of fused-ring (bicyclic) bond motifs is 6. The zero-order valence-electron chi connectivity index (χ0n) is 48.2. The molecule has 0 aliphatic carbocycles. The van der Waals surface area contributed by atoms with Gasteiger partial charge in [0.25, 0.3) is 0 Å². The van der Waals surface area contributed by atoms with E-state index >= 15 is 8.78 Å². The minimum atomic E-state index is -0.371. The topological polar surface area (TPSA) is 257 Å². The second-order valence-electron chi connectivity index (χ2n) is 22.4. The summed E-state index contributed by atoms with van der Waals surface area (Å²) in [5.74, 6) is 0.472. The molecule has 15 rings (SSSR count). The summed E-state index contributed by atoms with van der Waals surface area (Å²) in [6.07, 6.45) is 11.2. The number of nitrogens with zero attached hydrogens (tertiary/aromatic N) is 16. The number of rotatable bonds is 8. The van der Waals surface area contributed by atoms with E-state index in [2.05, 4.69) is 82.9 Å². The molecule has 4 N–H and O–H groups in total. The van der Waals surface area contributed by atoms with E-state index in [9.17, 15) is 14.8 Å². The fourth-order valence-electron chi connectivity index (χ4n) is 11.8. The maximum absolute atomic E-state index is 15.0. The van der Waals surface area contributed by atoms with Crippen LogP contribution in [0.1, 0.15) is 102 Å². The van der Waals surface area contributed by atoms with Gasteiger partial charge in [0.1, 0.15) is 23.5 Å². The van der Waals surface area contributed by atoms with Gasteiger partial charge < -0.3 is 25.8 Å². The van der Waals surface area contributed by atoms with Gasteiger partial charge in [-0.1, -0.05) is 0 Å². The molecule has 0 radical (unpaired) electrons. The Kier molecular flexibility index (Phi) is 15.7. The number of aryl methyl sites for hydroxylation is 3. The first-order valence-corrected chi connectivity index (χ1v) is 29.1. The monoisotopic (exact) mass is 1170 g/mol. The van der Waals surface area contributed by atoms with Crippen molar-refractivity contribution in [1.82, 2.24) is 90.3 Å². The van der Waals surface area contributed by atoms with Gasteiger partial charge >= 0.3 is 0 Å². The van der Waals surface area contributed by atoms with Crippen LogP contribution < -0.4 is 20.7 Å². The van der Waals surface area contributed by atoms with Crippen LogP contribution >= 0.6 is 0 Å². The van der Waals surface area contributed by atoms with Crippen molar-refractivity contribution in [2.45, 2.75) is 83.7 Å². The molecule has 0 saturated carbocycles. The molecule has 9 aromatic heterocycles. The van der Waals surface area contributed by atoms with Crippen LogP contribution in [0.25, 0.3) is 83.4 Å². The number of aromatic nitrogens is 15. The molecule has 24 heteroatoms. The molecule has 0 amide bonds. The molecule has 87 heavy (non-hydrogen) atoms. The molecule has 3 aliphatic heterocycles. The molecule has 3 aromatic carbocycles. The molecule has 440 valence electrons. The minimum absolute atomic E-state index is 0.176. The number of imidazole rings is 3. The Labute approximate surface area is 496 Å². The molecule has 0 atom stereocenters. The van der Waals surface area contributed by atoms with Gasteiger partial charge in [-0.3, -0.25) is 0 Å². The Bertz CT molecular complexity index is 4450. The van der Waals surface area contributed by atoms with E-state index < -0.39 is 0 Å². The van der Waals surface area contributed by atoms with E-state index in [1.54, 1.807) is 63.4 Å². The third-order valence-electron chi connectivity index (χ3n) is 16.4. The third kappa shape index (κ3) is 11.6. The van der Waals surface area contributed by atoms with Crippen LogP contribution in [0.2, 0.25) is 0 Å². The molecule has 0 bridgehead atoms. The predicted octanol–water partition coefficient (Wildman–Crippen LogP) is 9.13. The van der Waals surface area contributed by atoms with Crippen LogP contribution in [0.5, 0.6) is 5.75 Å². The molecule has 12 heterocycles. The lowest BCUT2D eigenvalue weighted by Gasteiger charge is -2.21. The van der Waals surface area contributed by atoms with Crippen molar-refractivity contribution in [3.63, 3.8) is 0 Å². The second kappa shape index (κ2) is 24.1. The standard InChI is InChI=1S/C21H18FN7.2C21H21FN6O/c1-12-11-29-21(25-12)15(10-23)8-19(28-29)14-6-17(22)16-9-18(26-27-20(16)7-14)13-2-4-24-5-3-13;1-12-11-28-21(24-12)20(29-2)10-18(27-28)14-7-16(22)15-9-17(25-26-19(15)8-14)13-3-5-23-6-4-13;1-12-10-28-21(24-12)15(11-29)8-19(27-28)14-6-17(22)16-9-18(25-26-20(16)7-14)13-2-4-23-5-3-13/h6-9,11,13,24H,2-5H2,1H3;7-11,13,23H,3-6H2,1-2H3;6-10,13,23,29H,2-5,11H2,1H3. The number of nitriles is 1. The van der Waals surface area contributed by atoms with E-state index in [0.29, 0.717) is 118 Å². The molecule has 3 fully saturated rings. The van der Waals surface area contributed by atoms with Crippen molar-refractivity contribution in [3.8, 4) is 45.6 Å². The number of methoxy groups -OCH3 is 1. The number of benzene rings is 3. The van der Waals surface area contributed by atoms with Gasteiger partial charge in [-0.05, 0) is 165 Å². The maximum Gasteiger partial charge on any atom is 0.196 e. The second-order valence-corrected chi connectivity index (χ2v) is 22.4. The third-order valence-corrected chi connectivity index (χ3v) is 16.4. The smallest absolute Gasteiger partial charge is 0.196 e. The number of nitrogens with one attached hydrogen (secondary N) is 3. The van der Waals surface area contributed by atoms with Crippen molar-refractivity contribution in [2.75, 3.05) is 46.4 Å². The average Bonchev–Trinajstić information content (AvgIpc) is 2.17. The summed E-state index contributed by atoms with van der Waals surface area (Å²) in [6, 6.07) is 22.5. The Hall–Kier alpha value is -9.54. The van der Waals surface area contributed by atoms with Gasteiger partial charge in [-0.15, -0.1) is 0 Å². The van der Waals surface area contributed by atoms with Gasteiger partial charge in [0, 0.05) is 62.2 Å². The van der Waals surface area contributed by atoms with Gasteiger partial charge in [-0.2, -0.15) is 51.2 Å². The van der Waals surface area contributed by atoms with E-state index in [1.165, 1.54) is 18.2 Å². The Morgan fingerprint density at radius 3 is 1.26 bits per heavy atom. The molecular weight excluding hydrogens is 1110 g/mol. The van der Waals surface area contributed by atoms with Crippen LogP contribution in [-0.4, -0.2) is 126 Å². The fourth-order valence-corrected chi connectivity index (χ4v) is 11.8. The van der Waals surface area contributed by atoms with Crippen molar-refractivity contribution < 1.29 is 23.0 Å². The largest absolute Gasteiger partial charge is 0.493 e. The van der Waals surface area contributed by atoms with Crippen molar-refractivity contribution in [2.24, 2.45) is 0 Å². The molecule has 0 unspecified atom stereocenters. The fraction of sp³-hybridized carbons (Fsp3) is 0.317. The highest BCUT2D eigenvalue weighted by molar-refractivity contribution is 5.87. The summed E-state index contributed by atoms with van der Waals surface area (Å²) in [5.41, 5.74) is 12.5. The predicted molar refractivity (Wildman–Crippen MR) is 320 cm³/mol. The van der Waals surface area contributed by atoms with Crippen LogP contribution in [0.4, 0.5) is 13.2 Å². The Balaban J connectivity index is 0.000000121. The highest BCUT2D eigenvalue weighted by Crippen LogP contribution is 2.34. The molecule has 3 saturated heterocycles. The number of halogens is 3. The number of ether oxygens (including phenoxy) is 1. The van der Waals surface area contributed by atoms with E-state index in [1.807, 2.05) is 51.2 Å². The summed E-state index contributed by atoms with van der Waals surface area (Å²) in [6.45, 7) is 11.1. The van der Waals surface area contributed by atoms with Crippen LogP contribution in [-0.2, 0) is 6.61 Å². The highest BCUT2D eigenvalue weighted by Gasteiger charge is 2.24. The van der Waals surface area contributed by atoms with Crippen LogP contribution in [0, 0.1) is 49.6 Å². The first-order valence-electron chi connectivity index (χ1n) is 29.1. The molecule has 12 aromatic rings. The number of piperidine rings is 3. The lowest BCUT2D eigenvalue weighted by Crippen LogP contribution is -2.27.